The van der Waals surface area contributed by atoms with Gasteiger partial charge < -0.3 is 9.73 Å². The number of rotatable bonds is 3. The lowest BCUT2D eigenvalue weighted by molar-refractivity contribution is 0.596. The number of furan rings is 1. The van der Waals surface area contributed by atoms with Crippen LogP contribution in [0.2, 0.25) is 5.22 Å². The maximum Gasteiger partial charge on any atom is 0.199 e. The molecule has 108 valence electrons. The van der Waals surface area contributed by atoms with Crippen molar-refractivity contribution in [3.05, 3.63) is 63.3 Å². The molecule has 0 saturated heterocycles. The van der Waals surface area contributed by atoms with Gasteiger partial charge in [-0.15, -0.1) is 0 Å². The van der Waals surface area contributed by atoms with Crippen LogP contribution in [0.25, 0.3) is 11.0 Å². The molecule has 0 amide bonds. The highest BCUT2D eigenvalue weighted by molar-refractivity contribution is 9.10. The van der Waals surface area contributed by atoms with Crippen LogP contribution < -0.4 is 5.32 Å². The lowest BCUT2D eigenvalue weighted by atomic mass is 10.1. The van der Waals surface area contributed by atoms with Crippen molar-refractivity contribution in [3.63, 3.8) is 0 Å². The average molecular weight is 373 g/mol. The average Bonchev–Trinajstić information content (AvgIpc) is 2.77. The molecule has 0 fully saturated rings. The van der Waals surface area contributed by atoms with E-state index in [0.717, 1.165) is 17.5 Å². The van der Waals surface area contributed by atoms with E-state index in [1.165, 1.54) is 0 Å². The smallest absolute Gasteiger partial charge is 0.199 e. The Balaban J connectivity index is 1.90. The van der Waals surface area contributed by atoms with E-state index in [-0.39, 0.29) is 21.9 Å². The Kier molecular flexibility index (Phi) is 3.87. The first-order valence-corrected chi connectivity index (χ1v) is 7.27. The molecule has 0 saturated carbocycles. The normalized spacial score (nSPS) is 11.0. The summed E-state index contributed by atoms with van der Waals surface area (Å²) >= 11 is 8.98. The molecule has 0 atom stereocenters. The Morgan fingerprint density at radius 3 is 2.71 bits per heavy atom. The molecule has 3 rings (SSSR count). The van der Waals surface area contributed by atoms with Crippen molar-refractivity contribution in [3.8, 4) is 0 Å². The predicted molar refractivity (Wildman–Crippen MR) is 82.6 cm³/mol. The van der Waals surface area contributed by atoms with Crippen molar-refractivity contribution in [1.29, 1.82) is 0 Å². The quantitative estimate of drug-likeness (QED) is 0.593. The summed E-state index contributed by atoms with van der Waals surface area (Å²) in [6, 6.07) is 9.52. The summed E-state index contributed by atoms with van der Waals surface area (Å²) in [7, 11) is 0. The van der Waals surface area contributed by atoms with Crippen molar-refractivity contribution in [2.45, 2.75) is 6.54 Å². The van der Waals surface area contributed by atoms with Crippen molar-refractivity contribution in [1.82, 2.24) is 0 Å². The first kappa shape index (κ1) is 14.4. The number of para-hydroxylation sites is 1. The van der Waals surface area contributed by atoms with E-state index in [2.05, 4.69) is 21.2 Å². The number of fused-ring (bicyclic) bond motifs is 1. The van der Waals surface area contributed by atoms with Crippen LogP contribution in [0.1, 0.15) is 5.56 Å². The van der Waals surface area contributed by atoms with E-state index in [0.29, 0.717) is 11.1 Å². The zero-order chi connectivity index (χ0) is 15.0. The Bertz CT molecular complexity index is 819. The van der Waals surface area contributed by atoms with Crippen molar-refractivity contribution in [2.24, 2.45) is 0 Å². The zero-order valence-electron chi connectivity index (χ0n) is 10.6. The summed E-state index contributed by atoms with van der Waals surface area (Å²) in [6.45, 7) is 0.230. The van der Waals surface area contributed by atoms with Gasteiger partial charge in [0.05, 0.1) is 10.2 Å². The SMILES string of the molecule is Fc1cc(NCc2c(Cl)oc3ccccc23)c(F)cc1Br. The van der Waals surface area contributed by atoms with Crippen LogP contribution in [0, 0.1) is 11.6 Å². The Morgan fingerprint density at radius 2 is 1.90 bits per heavy atom. The van der Waals surface area contributed by atoms with Crippen LogP contribution in [-0.2, 0) is 6.54 Å². The summed E-state index contributed by atoms with van der Waals surface area (Å²) in [5, 5.41) is 3.91. The molecule has 0 aliphatic heterocycles. The molecular weight excluding hydrogens is 364 g/mol. The van der Waals surface area contributed by atoms with Crippen molar-refractivity contribution >= 4 is 44.2 Å². The molecule has 0 aliphatic carbocycles. The lowest BCUT2D eigenvalue weighted by Crippen LogP contribution is -2.02. The maximum atomic E-state index is 13.8. The molecule has 21 heavy (non-hydrogen) atoms. The number of halogens is 4. The molecule has 0 aliphatic rings. The van der Waals surface area contributed by atoms with E-state index in [9.17, 15) is 8.78 Å². The van der Waals surface area contributed by atoms with Gasteiger partial charge >= 0.3 is 0 Å². The van der Waals surface area contributed by atoms with Crippen molar-refractivity contribution < 1.29 is 13.2 Å². The fourth-order valence-electron chi connectivity index (χ4n) is 2.08. The van der Waals surface area contributed by atoms with E-state index in [1.807, 2.05) is 18.2 Å². The highest BCUT2D eigenvalue weighted by Gasteiger charge is 2.13. The summed E-state index contributed by atoms with van der Waals surface area (Å²) in [4.78, 5) is 0. The van der Waals surface area contributed by atoms with Gasteiger partial charge in [0.2, 0.25) is 0 Å². The van der Waals surface area contributed by atoms with E-state index < -0.39 is 11.6 Å². The van der Waals surface area contributed by atoms with Gasteiger partial charge in [0, 0.05) is 23.6 Å². The second-order valence-electron chi connectivity index (χ2n) is 4.45. The van der Waals surface area contributed by atoms with Crippen LogP contribution in [0.4, 0.5) is 14.5 Å². The summed E-state index contributed by atoms with van der Waals surface area (Å²) in [5.41, 5.74) is 1.42. The number of benzene rings is 2. The van der Waals surface area contributed by atoms with Gasteiger partial charge in [-0.25, -0.2) is 8.78 Å². The van der Waals surface area contributed by atoms with Gasteiger partial charge in [-0.2, -0.15) is 0 Å². The lowest BCUT2D eigenvalue weighted by Gasteiger charge is -2.08. The first-order valence-electron chi connectivity index (χ1n) is 6.10. The minimum Gasteiger partial charge on any atom is -0.444 e. The molecule has 1 heterocycles. The summed E-state index contributed by atoms with van der Waals surface area (Å²) in [6.07, 6.45) is 0. The predicted octanol–water partition coefficient (Wildman–Crippen LogP) is 5.74. The topological polar surface area (TPSA) is 25.2 Å². The van der Waals surface area contributed by atoms with Crippen molar-refractivity contribution in [2.75, 3.05) is 5.32 Å². The number of anilines is 1. The van der Waals surface area contributed by atoms with E-state index in [4.69, 9.17) is 16.0 Å². The Labute approximate surface area is 132 Å². The highest BCUT2D eigenvalue weighted by Crippen LogP contribution is 2.31. The molecule has 2 nitrogen and oxygen atoms in total. The Morgan fingerprint density at radius 1 is 1.14 bits per heavy atom. The molecule has 6 heteroatoms. The molecule has 3 aromatic rings. The van der Waals surface area contributed by atoms with Crippen LogP contribution in [0.5, 0.6) is 0 Å². The fraction of sp³-hybridized carbons (Fsp3) is 0.0667. The number of hydrogen-bond donors (Lipinski definition) is 1. The molecule has 1 N–H and O–H groups in total. The van der Waals surface area contributed by atoms with Gasteiger partial charge in [-0.1, -0.05) is 18.2 Å². The molecule has 0 unspecified atom stereocenters. The molecule has 0 radical (unpaired) electrons. The molecule has 0 spiro atoms. The minimum atomic E-state index is -0.549. The fourth-order valence-corrected chi connectivity index (χ4v) is 2.64. The number of nitrogens with one attached hydrogen (secondary N) is 1. The van der Waals surface area contributed by atoms with E-state index >= 15 is 0 Å². The van der Waals surface area contributed by atoms with Gasteiger partial charge in [-0.05, 0) is 39.7 Å². The summed E-state index contributed by atoms with van der Waals surface area (Å²) in [5.74, 6) is -1.09. The summed E-state index contributed by atoms with van der Waals surface area (Å²) < 4.78 is 32.7. The largest absolute Gasteiger partial charge is 0.444 e. The van der Waals surface area contributed by atoms with Gasteiger partial charge in [0.1, 0.15) is 17.2 Å². The minimum absolute atomic E-state index is 0.0667. The second kappa shape index (κ2) is 5.66. The third-order valence-electron chi connectivity index (χ3n) is 3.11. The van der Waals surface area contributed by atoms with Gasteiger partial charge in [0.15, 0.2) is 5.22 Å². The standard InChI is InChI=1S/C15H9BrClF2NO/c16-10-5-12(19)13(6-11(10)18)20-7-9-8-3-1-2-4-14(8)21-15(9)17/h1-6,20H,7H2. The van der Waals surface area contributed by atoms with Gasteiger partial charge in [-0.3, -0.25) is 0 Å². The maximum absolute atomic E-state index is 13.8. The monoisotopic (exact) mass is 371 g/mol. The molecular formula is C15H9BrClF2NO. The molecule has 1 aromatic heterocycles. The third-order valence-corrected chi connectivity index (χ3v) is 4.03. The molecule has 0 bridgehead atoms. The zero-order valence-corrected chi connectivity index (χ0v) is 12.9. The first-order chi connectivity index (χ1) is 10.1. The Hall–Kier alpha value is -1.59. The van der Waals surface area contributed by atoms with Crippen LogP contribution in [0.15, 0.2) is 45.3 Å². The van der Waals surface area contributed by atoms with Crippen LogP contribution >= 0.6 is 27.5 Å². The van der Waals surface area contributed by atoms with Gasteiger partial charge in [0.25, 0.3) is 0 Å². The van der Waals surface area contributed by atoms with Crippen LogP contribution in [0.3, 0.4) is 0 Å². The highest BCUT2D eigenvalue weighted by atomic mass is 79.9. The second-order valence-corrected chi connectivity index (χ2v) is 5.65. The van der Waals surface area contributed by atoms with E-state index in [1.54, 1.807) is 6.07 Å². The van der Waals surface area contributed by atoms with Crippen LogP contribution in [-0.4, -0.2) is 0 Å². The molecule has 2 aromatic carbocycles. The number of hydrogen-bond acceptors (Lipinski definition) is 2. The third kappa shape index (κ3) is 2.76.